The summed E-state index contributed by atoms with van der Waals surface area (Å²) in [4.78, 5) is 14.0. The molecule has 1 heterocycles. The Labute approximate surface area is 97.8 Å². The number of thiol groups is 1. The third-order valence-electron chi connectivity index (χ3n) is 3.91. The summed E-state index contributed by atoms with van der Waals surface area (Å²) in [6.07, 6.45) is 5.52. The van der Waals surface area contributed by atoms with Crippen molar-refractivity contribution in [1.29, 1.82) is 0 Å². The molecule has 1 saturated carbocycles. The van der Waals surface area contributed by atoms with Crippen LogP contribution in [-0.2, 0) is 4.79 Å². The topological polar surface area (TPSA) is 20.3 Å². The van der Waals surface area contributed by atoms with Crippen molar-refractivity contribution < 1.29 is 4.79 Å². The van der Waals surface area contributed by atoms with Gasteiger partial charge in [-0.3, -0.25) is 4.79 Å². The maximum absolute atomic E-state index is 11.9. The van der Waals surface area contributed by atoms with E-state index in [0.717, 1.165) is 31.7 Å². The van der Waals surface area contributed by atoms with E-state index in [1.54, 1.807) is 0 Å². The van der Waals surface area contributed by atoms with E-state index >= 15 is 0 Å². The molecule has 0 bridgehead atoms. The molecule has 2 nitrogen and oxygen atoms in total. The molecular formula is C12H21NOS. The van der Waals surface area contributed by atoms with E-state index < -0.39 is 0 Å². The summed E-state index contributed by atoms with van der Waals surface area (Å²) in [7, 11) is 0. The van der Waals surface area contributed by atoms with Gasteiger partial charge in [0.2, 0.25) is 5.91 Å². The van der Waals surface area contributed by atoms with E-state index in [-0.39, 0.29) is 0 Å². The lowest BCUT2D eigenvalue weighted by Gasteiger charge is -2.25. The van der Waals surface area contributed by atoms with Crippen LogP contribution < -0.4 is 0 Å². The maximum atomic E-state index is 11.9. The van der Waals surface area contributed by atoms with Gasteiger partial charge in [0.25, 0.3) is 0 Å². The first-order valence-electron chi connectivity index (χ1n) is 6.04. The van der Waals surface area contributed by atoms with Crippen LogP contribution in [0.2, 0.25) is 0 Å². The molecule has 0 aromatic rings. The largest absolute Gasteiger partial charge is 0.342 e. The Morgan fingerprint density at radius 2 is 2.20 bits per heavy atom. The number of hydrogen-bond donors (Lipinski definition) is 1. The summed E-state index contributed by atoms with van der Waals surface area (Å²) in [5.74, 6) is 2.02. The summed E-state index contributed by atoms with van der Waals surface area (Å²) in [5, 5.41) is 0. The Hall–Kier alpha value is -0.180. The van der Waals surface area contributed by atoms with E-state index in [4.69, 9.17) is 0 Å². The molecule has 15 heavy (non-hydrogen) atoms. The molecule has 1 amide bonds. The number of amides is 1. The summed E-state index contributed by atoms with van der Waals surface area (Å²) in [6, 6.07) is 0. The van der Waals surface area contributed by atoms with Gasteiger partial charge < -0.3 is 4.90 Å². The summed E-state index contributed by atoms with van der Waals surface area (Å²) < 4.78 is 0. The van der Waals surface area contributed by atoms with Gasteiger partial charge in [0.05, 0.1) is 0 Å². The van der Waals surface area contributed by atoms with Gasteiger partial charge in [0.1, 0.15) is 0 Å². The molecule has 2 aliphatic rings. The zero-order chi connectivity index (χ0) is 10.9. The second kappa shape index (κ2) is 4.36. The molecule has 1 aliphatic heterocycles. The second-order valence-electron chi connectivity index (χ2n) is 5.41. The van der Waals surface area contributed by atoms with E-state index in [9.17, 15) is 4.79 Å². The zero-order valence-electron chi connectivity index (χ0n) is 9.54. The molecule has 2 rings (SSSR count). The molecule has 1 saturated heterocycles. The van der Waals surface area contributed by atoms with Crippen LogP contribution in [0.4, 0.5) is 0 Å². The molecule has 0 aromatic heterocycles. The molecule has 2 fully saturated rings. The summed E-state index contributed by atoms with van der Waals surface area (Å²) in [6.45, 7) is 4.18. The van der Waals surface area contributed by atoms with Crippen LogP contribution in [0.5, 0.6) is 0 Å². The number of hydrogen-bond acceptors (Lipinski definition) is 2. The second-order valence-corrected chi connectivity index (χ2v) is 5.72. The Bertz CT molecular complexity index is 250. The van der Waals surface area contributed by atoms with Crippen LogP contribution in [0.15, 0.2) is 0 Å². The monoisotopic (exact) mass is 227 g/mol. The smallest absolute Gasteiger partial charge is 0.222 e. The van der Waals surface area contributed by atoms with Gasteiger partial charge in [-0.05, 0) is 42.8 Å². The highest BCUT2D eigenvalue weighted by molar-refractivity contribution is 7.80. The highest BCUT2D eigenvalue weighted by Crippen LogP contribution is 2.47. The quantitative estimate of drug-likeness (QED) is 0.734. The molecular weight excluding hydrogens is 206 g/mol. The average Bonchev–Trinajstić information content (AvgIpc) is 3.01. The minimum Gasteiger partial charge on any atom is -0.342 e. The fourth-order valence-corrected chi connectivity index (χ4v) is 2.70. The van der Waals surface area contributed by atoms with Crippen molar-refractivity contribution in [3.8, 4) is 0 Å². The molecule has 1 atom stereocenters. The van der Waals surface area contributed by atoms with Gasteiger partial charge in [0.15, 0.2) is 0 Å². The Morgan fingerprint density at radius 1 is 1.47 bits per heavy atom. The lowest BCUT2D eigenvalue weighted by Crippen LogP contribution is -2.36. The summed E-state index contributed by atoms with van der Waals surface area (Å²) in [5.41, 5.74) is 0.381. The molecule has 86 valence electrons. The minimum absolute atomic E-state index is 0.368. The van der Waals surface area contributed by atoms with Crippen molar-refractivity contribution in [2.45, 2.75) is 39.0 Å². The normalized spacial score (nSPS) is 30.1. The van der Waals surface area contributed by atoms with Gasteiger partial charge in [-0.25, -0.2) is 0 Å². The first-order valence-corrected chi connectivity index (χ1v) is 6.67. The third-order valence-corrected chi connectivity index (χ3v) is 4.59. The lowest BCUT2D eigenvalue weighted by atomic mass is 10.0. The van der Waals surface area contributed by atoms with Crippen LogP contribution >= 0.6 is 12.6 Å². The molecule has 0 radical (unpaired) electrons. The number of nitrogens with zero attached hydrogens (tertiary/aromatic N) is 1. The number of carbonyl (C=O) groups is 1. The maximum Gasteiger partial charge on any atom is 0.222 e. The van der Waals surface area contributed by atoms with Gasteiger partial charge in [-0.2, -0.15) is 12.6 Å². The highest BCUT2D eigenvalue weighted by atomic mass is 32.1. The number of rotatable bonds is 3. The van der Waals surface area contributed by atoms with Crippen molar-refractivity contribution >= 4 is 18.5 Å². The highest BCUT2D eigenvalue weighted by Gasteiger charge is 2.43. The van der Waals surface area contributed by atoms with Crippen LogP contribution in [0, 0.1) is 11.3 Å². The van der Waals surface area contributed by atoms with Crippen molar-refractivity contribution in [3.63, 3.8) is 0 Å². The van der Waals surface area contributed by atoms with Crippen molar-refractivity contribution in [3.05, 3.63) is 0 Å². The zero-order valence-corrected chi connectivity index (χ0v) is 10.4. The molecule has 3 heteroatoms. The Morgan fingerprint density at radius 3 is 2.80 bits per heavy atom. The predicted octanol–water partition coefficient (Wildman–Crippen LogP) is 2.35. The Kier molecular flexibility index (Phi) is 3.29. The van der Waals surface area contributed by atoms with Crippen molar-refractivity contribution in [1.82, 2.24) is 4.90 Å². The van der Waals surface area contributed by atoms with Crippen molar-refractivity contribution in [2.75, 3.05) is 18.8 Å². The number of likely N-dealkylation sites (tertiary alicyclic amines) is 1. The van der Waals surface area contributed by atoms with Gasteiger partial charge in [-0.15, -0.1) is 0 Å². The van der Waals surface area contributed by atoms with E-state index in [0.29, 0.717) is 17.2 Å². The molecule has 0 aromatic carbocycles. The molecule has 1 unspecified atom stereocenters. The average molecular weight is 227 g/mol. The van der Waals surface area contributed by atoms with E-state index in [2.05, 4.69) is 24.5 Å². The van der Waals surface area contributed by atoms with Gasteiger partial charge >= 0.3 is 0 Å². The fourth-order valence-electron chi connectivity index (χ4n) is 2.29. The van der Waals surface area contributed by atoms with E-state index in [1.807, 2.05) is 0 Å². The first-order chi connectivity index (χ1) is 7.15. The van der Waals surface area contributed by atoms with Crippen molar-refractivity contribution in [2.24, 2.45) is 11.3 Å². The SMILES string of the molecule is CC1CCC(=O)N(CC2(CS)CC2)CC1. The Balaban J connectivity index is 1.92. The third kappa shape index (κ3) is 2.68. The van der Waals surface area contributed by atoms with Gasteiger partial charge in [-0.1, -0.05) is 6.92 Å². The minimum atomic E-state index is 0.368. The van der Waals surface area contributed by atoms with E-state index in [1.165, 1.54) is 19.3 Å². The lowest BCUT2D eigenvalue weighted by molar-refractivity contribution is -0.131. The standard InChI is InChI=1S/C12H21NOS/c1-10-2-3-11(14)13(7-4-10)8-12(9-15)5-6-12/h10,15H,2-9H2,1H3. The molecule has 1 aliphatic carbocycles. The van der Waals surface area contributed by atoms with Gasteiger partial charge in [0, 0.05) is 19.5 Å². The van der Waals surface area contributed by atoms with Crippen LogP contribution in [-0.4, -0.2) is 29.6 Å². The summed E-state index contributed by atoms with van der Waals surface area (Å²) >= 11 is 4.40. The van der Waals surface area contributed by atoms with Crippen LogP contribution in [0.25, 0.3) is 0 Å². The number of carbonyl (C=O) groups excluding carboxylic acids is 1. The first kappa shape index (κ1) is 11.3. The molecule has 0 spiro atoms. The van der Waals surface area contributed by atoms with Crippen LogP contribution in [0.3, 0.4) is 0 Å². The van der Waals surface area contributed by atoms with Crippen LogP contribution in [0.1, 0.15) is 39.0 Å². The fraction of sp³-hybridized carbons (Fsp3) is 0.917. The molecule has 0 N–H and O–H groups in total. The predicted molar refractivity (Wildman–Crippen MR) is 65.1 cm³/mol.